The second-order valence-corrected chi connectivity index (χ2v) is 8.14. The standard InChI is InChI=1S/C15H17Cl2N3O2S/c1-9-7-11(16)4-5-12(9)14-15(2,20-23(21,22)19-14)10-3-6-13(17)18-8-10/h3-8,14,19-22H,1-2H3/t14-,15+/m0/s1. The van der Waals surface area contributed by atoms with Crippen molar-refractivity contribution in [3.8, 4) is 0 Å². The molecule has 0 spiro atoms. The lowest BCUT2D eigenvalue weighted by atomic mass is 9.82. The molecule has 1 aliphatic heterocycles. The van der Waals surface area contributed by atoms with Crippen LogP contribution in [0.1, 0.15) is 29.7 Å². The molecule has 23 heavy (non-hydrogen) atoms. The monoisotopic (exact) mass is 373 g/mol. The summed E-state index contributed by atoms with van der Waals surface area (Å²) >= 11 is 11.9. The van der Waals surface area contributed by atoms with Gasteiger partial charge < -0.3 is 0 Å². The van der Waals surface area contributed by atoms with Crippen molar-refractivity contribution in [2.45, 2.75) is 25.4 Å². The lowest BCUT2D eigenvalue weighted by Gasteiger charge is -2.32. The Morgan fingerprint density at radius 2 is 1.96 bits per heavy atom. The van der Waals surface area contributed by atoms with Crippen LogP contribution < -0.4 is 9.44 Å². The first kappa shape index (κ1) is 17.0. The lowest BCUT2D eigenvalue weighted by molar-refractivity contribution is 0.374. The van der Waals surface area contributed by atoms with Crippen molar-refractivity contribution in [1.29, 1.82) is 0 Å². The zero-order valence-electron chi connectivity index (χ0n) is 12.5. The fourth-order valence-corrected chi connectivity index (χ4v) is 4.83. The van der Waals surface area contributed by atoms with Crippen LogP contribution in [-0.2, 0) is 5.54 Å². The van der Waals surface area contributed by atoms with E-state index in [1.807, 2.05) is 32.0 Å². The molecule has 2 atom stereocenters. The molecule has 5 nitrogen and oxygen atoms in total. The summed E-state index contributed by atoms with van der Waals surface area (Å²) in [5, 5.41) is 1.02. The average molecular weight is 374 g/mol. The van der Waals surface area contributed by atoms with Gasteiger partial charge in [-0.3, -0.25) is 9.11 Å². The van der Waals surface area contributed by atoms with E-state index in [4.69, 9.17) is 23.2 Å². The van der Waals surface area contributed by atoms with Crippen LogP contribution in [0.5, 0.6) is 0 Å². The van der Waals surface area contributed by atoms with Gasteiger partial charge in [0.05, 0.1) is 11.6 Å². The number of hydrogen-bond donors (Lipinski definition) is 4. The van der Waals surface area contributed by atoms with Crippen molar-refractivity contribution in [2.24, 2.45) is 0 Å². The van der Waals surface area contributed by atoms with E-state index in [1.165, 1.54) is 0 Å². The summed E-state index contributed by atoms with van der Waals surface area (Å²) < 4.78 is 26.1. The summed E-state index contributed by atoms with van der Waals surface area (Å²) in [7, 11) is -3.13. The normalized spacial score (nSPS) is 27.8. The number of aromatic nitrogens is 1. The van der Waals surface area contributed by atoms with Crippen LogP contribution in [0.25, 0.3) is 0 Å². The predicted molar refractivity (Wildman–Crippen MR) is 94.6 cm³/mol. The van der Waals surface area contributed by atoms with Gasteiger partial charge in [0.25, 0.3) is 0 Å². The van der Waals surface area contributed by atoms with Crippen LogP contribution in [-0.4, -0.2) is 14.1 Å². The van der Waals surface area contributed by atoms with E-state index >= 15 is 0 Å². The molecule has 4 N–H and O–H groups in total. The second kappa shape index (κ2) is 5.89. The smallest absolute Gasteiger partial charge is 0.129 e. The summed E-state index contributed by atoms with van der Waals surface area (Å²) in [6.45, 7) is 3.83. The molecule has 2 aromatic rings. The predicted octanol–water partition coefficient (Wildman–Crippen LogP) is 4.43. The number of pyridine rings is 1. The van der Waals surface area contributed by atoms with Crippen LogP contribution >= 0.6 is 34.2 Å². The SMILES string of the molecule is Cc1cc(Cl)ccc1[C@@H]1NS(O)(O)N[C@]1(C)c1ccc(Cl)nc1. The number of benzene rings is 1. The van der Waals surface area contributed by atoms with Gasteiger partial charge >= 0.3 is 0 Å². The molecule has 8 heteroatoms. The number of nitrogens with zero attached hydrogens (tertiary/aromatic N) is 1. The molecule has 1 saturated heterocycles. The minimum atomic E-state index is -3.13. The molecule has 0 aliphatic carbocycles. The number of rotatable bonds is 2. The molecule has 0 bridgehead atoms. The number of aryl methyl sites for hydroxylation is 1. The lowest BCUT2D eigenvalue weighted by Crippen LogP contribution is -2.38. The number of nitrogens with one attached hydrogen (secondary N) is 2. The van der Waals surface area contributed by atoms with Crippen molar-refractivity contribution in [2.75, 3.05) is 0 Å². The second-order valence-electron chi connectivity index (χ2n) is 5.77. The maximum Gasteiger partial charge on any atom is 0.129 e. The highest BCUT2D eigenvalue weighted by atomic mass is 35.5. The van der Waals surface area contributed by atoms with E-state index < -0.39 is 16.5 Å². The summed E-state index contributed by atoms with van der Waals surface area (Å²) in [5.41, 5.74) is 1.92. The van der Waals surface area contributed by atoms with E-state index in [9.17, 15) is 9.11 Å². The third-order valence-electron chi connectivity index (χ3n) is 4.08. The largest absolute Gasteiger partial charge is 0.273 e. The minimum Gasteiger partial charge on any atom is -0.273 e. The Morgan fingerprint density at radius 1 is 1.22 bits per heavy atom. The summed E-state index contributed by atoms with van der Waals surface area (Å²) in [4.78, 5) is 4.10. The Hall–Kier alpha value is -0.860. The van der Waals surface area contributed by atoms with E-state index in [2.05, 4.69) is 14.4 Å². The van der Waals surface area contributed by atoms with Crippen molar-refractivity contribution >= 4 is 34.2 Å². The van der Waals surface area contributed by atoms with Gasteiger partial charge in [-0.25, -0.2) is 4.98 Å². The van der Waals surface area contributed by atoms with Crippen molar-refractivity contribution < 1.29 is 9.11 Å². The van der Waals surface area contributed by atoms with Gasteiger partial charge in [-0.15, -0.1) is 0 Å². The van der Waals surface area contributed by atoms with E-state index in [0.717, 1.165) is 16.7 Å². The quantitative estimate of drug-likeness (QED) is 0.585. The van der Waals surface area contributed by atoms with Crippen molar-refractivity contribution in [1.82, 2.24) is 14.4 Å². The topological polar surface area (TPSA) is 77.4 Å². The Labute approximate surface area is 146 Å². The van der Waals surface area contributed by atoms with Gasteiger partial charge in [-0.1, -0.05) is 46.3 Å². The summed E-state index contributed by atoms with van der Waals surface area (Å²) in [6, 6.07) is 8.66. The Balaban J connectivity index is 2.11. The van der Waals surface area contributed by atoms with Gasteiger partial charge in [-0.05, 0) is 48.7 Å². The Bertz CT molecular complexity index is 742. The molecule has 0 unspecified atom stereocenters. The molecule has 1 aliphatic rings. The first-order chi connectivity index (χ1) is 10.7. The molecule has 1 aromatic carbocycles. The van der Waals surface area contributed by atoms with Gasteiger partial charge in [0.2, 0.25) is 0 Å². The fourth-order valence-electron chi connectivity index (χ4n) is 2.91. The van der Waals surface area contributed by atoms with E-state index in [0.29, 0.717) is 10.2 Å². The van der Waals surface area contributed by atoms with Crippen LogP contribution in [0.3, 0.4) is 0 Å². The van der Waals surface area contributed by atoms with Crippen LogP contribution in [0.15, 0.2) is 36.5 Å². The highest BCUT2D eigenvalue weighted by molar-refractivity contribution is 8.21. The van der Waals surface area contributed by atoms with Crippen LogP contribution in [0.2, 0.25) is 10.2 Å². The molecule has 1 fully saturated rings. The fraction of sp³-hybridized carbons (Fsp3) is 0.267. The zero-order valence-corrected chi connectivity index (χ0v) is 14.9. The Morgan fingerprint density at radius 3 is 2.57 bits per heavy atom. The van der Waals surface area contributed by atoms with Crippen LogP contribution in [0.4, 0.5) is 0 Å². The first-order valence-corrected chi connectivity index (χ1v) is 9.24. The van der Waals surface area contributed by atoms with Crippen molar-refractivity contribution in [3.05, 3.63) is 63.4 Å². The van der Waals surface area contributed by atoms with E-state index in [-0.39, 0.29) is 6.04 Å². The highest BCUT2D eigenvalue weighted by Gasteiger charge is 2.48. The van der Waals surface area contributed by atoms with Gasteiger partial charge in [0, 0.05) is 11.2 Å². The maximum absolute atomic E-state index is 10.2. The molecule has 3 rings (SSSR count). The molecular weight excluding hydrogens is 357 g/mol. The maximum atomic E-state index is 10.2. The molecule has 2 heterocycles. The molecule has 0 amide bonds. The zero-order chi connectivity index (χ0) is 16.8. The average Bonchev–Trinajstić information content (AvgIpc) is 2.70. The molecular formula is C15H17Cl2N3O2S. The third kappa shape index (κ3) is 3.21. The third-order valence-corrected chi connectivity index (χ3v) is 5.82. The van der Waals surface area contributed by atoms with Gasteiger partial charge in [0.15, 0.2) is 0 Å². The highest BCUT2D eigenvalue weighted by Crippen LogP contribution is 2.52. The molecule has 0 saturated carbocycles. The van der Waals surface area contributed by atoms with Gasteiger partial charge in [-0.2, -0.15) is 9.44 Å². The molecule has 124 valence electrons. The summed E-state index contributed by atoms with van der Waals surface area (Å²) in [6.07, 6.45) is 1.64. The first-order valence-electron chi connectivity index (χ1n) is 6.94. The van der Waals surface area contributed by atoms with Crippen LogP contribution in [0, 0.1) is 6.92 Å². The van der Waals surface area contributed by atoms with Gasteiger partial charge in [0.1, 0.15) is 5.15 Å². The van der Waals surface area contributed by atoms with E-state index in [1.54, 1.807) is 18.3 Å². The molecule has 1 aromatic heterocycles. The minimum absolute atomic E-state index is 0.368. The van der Waals surface area contributed by atoms with Crippen molar-refractivity contribution in [3.63, 3.8) is 0 Å². The Kier molecular flexibility index (Phi) is 4.35. The summed E-state index contributed by atoms with van der Waals surface area (Å²) in [5.74, 6) is 0. The number of hydrogen-bond acceptors (Lipinski definition) is 5. The number of halogens is 2. The molecule has 0 radical (unpaired) electrons.